The Kier molecular flexibility index (Phi) is 3.13. The second kappa shape index (κ2) is 5.16. The van der Waals surface area contributed by atoms with Crippen LogP contribution in [-0.4, -0.2) is 23.2 Å². The topological polar surface area (TPSA) is 67.0 Å². The molecule has 22 heavy (non-hydrogen) atoms. The van der Waals surface area contributed by atoms with Crippen LogP contribution >= 0.6 is 0 Å². The number of rotatable bonds is 3. The van der Waals surface area contributed by atoms with E-state index in [1.54, 1.807) is 7.11 Å². The number of carbonyl (C=O) groups excluding carboxylic acids is 1. The highest BCUT2D eigenvalue weighted by Gasteiger charge is 2.29. The van der Waals surface area contributed by atoms with E-state index in [9.17, 15) is 4.79 Å². The average molecular weight is 297 g/mol. The monoisotopic (exact) mass is 297 g/mol. The van der Waals surface area contributed by atoms with Crippen molar-refractivity contribution in [3.8, 4) is 5.75 Å². The number of nitrogens with zero attached hydrogens (tertiary/aromatic N) is 1. The number of amides is 1. The summed E-state index contributed by atoms with van der Waals surface area (Å²) in [6, 6.07) is 6.08. The van der Waals surface area contributed by atoms with Crippen LogP contribution < -0.4 is 10.1 Å². The van der Waals surface area contributed by atoms with Crippen molar-refractivity contribution >= 4 is 5.91 Å². The van der Waals surface area contributed by atoms with Crippen LogP contribution in [-0.2, 0) is 19.3 Å². The lowest BCUT2D eigenvalue weighted by molar-refractivity contribution is 0.0930. The standard InChI is InChI=1S/C17H19N3O2/c1-22-15-7-3-4-10-11(15)8-9-13(10)18-17(21)16-12-5-2-6-14(12)19-20-16/h3-4,7,13H,2,5-6,8-9H2,1H3,(H,18,21)(H,19,20). The summed E-state index contributed by atoms with van der Waals surface area (Å²) < 4.78 is 5.41. The van der Waals surface area contributed by atoms with Crippen LogP contribution in [0.4, 0.5) is 0 Å². The number of hydrogen-bond donors (Lipinski definition) is 2. The van der Waals surface area contributed by atoms with Gasteiger partial charge in [-0.05, 0) is 49.3 Å². The number of methoxy groups -OCH3 is 1. The van der Waals surface area contributed by atoms with Gasteiger partial charge in [0.2, 0.25) is 0 Å². The second-order valence-electron chi connectivity index (χ2n) is 5.98. The predicted molar refractivity (Wildman–Crippen MR) is 82.1 cm³/mol. The third-order valence-electron chi connectivity index (χ3n) is 4.77. The number of nitrogens with one attached hydrogen (secondary N) is 2. The normalized spacial score (nSPS) is 18.9. The van der Waals surface area contributed by atoms with Crippen molar-refractivity contribution in [3.63, 3.8) is 0 Å². The van der Waals surface area contributed by atoms with E-state index in [-0.39, 0.29) is 11.9 Å². The Hall–Kier alpha value is -2.30. The lowest BCUT2D eigenvalue weighted by Crippen LogP contribution is -2.28. The third-order valence-corrected chi connectivity index (χ3v) is 4.77. The third kappa shape index (κ3) is 2.00. The lowest BCUT2D eigenvalue weighted by Gasteiger charge is -2.14. The van der Waals surface area contributed by atoms with E-state index in [4.69, 9.17) is 4.74 Å². The largest absolute Gasteiger partial charge is 0.496 e. The SMILES string of the molecule is COc1cccc2c1CCC2NC(=O)c1n[nH]c2c1CCC2. The van der Waals surface area contributed by atoms with Gasteiger partial charge >= 0.3 is 0 Å². The van der Waals surface area contributed by atoms with E-state index in [0.29, 0.717) is 5.69 Å². The number of aromatic nitrogens is 2. The van der Waals surface area contributed by atoms with Gasteiger partial charge in [0, 0.05) is 11.3 Å². The van der Waals surface area contributed by atoms with Gasteiger partial charge in [0.25, 0.3) is 5.91 Å². The zero-order chi connectivity index (χ0) is 15.1. The van der Waals surface area contributed by atoms with Crippen molar-refractivity contribution in [3.05, 3.63) is 46.3 Å². The molecule has 0 spiro atoms. The molecule has 0 fully saturated rings. The molecule has 1 aromatic heterocycles. The van der Waals surface area contributed by atoms with Crippen molar-refractivity contribution in [1.82, 2.24) is 15.5 Å². The lowest BCUT2D eigenvalue weighted by atomic mass is 10.1. The van der Waals surface area contributed by atoms with E-state index in [0.717, 1.165) is 49.1 Å². The highest BCUT2D eigenvalue weighted by molar-refractivity contribution is 5.94. The van der Waals surface area contributed by atoms with E-state index < -0.39 is 0 Å². The maximum absolute atomic E-state index is 12.6. The molecule has 1 heterocycles. The Morgan fingerprint density at radius 3 is 3.09 bits per heavy atom. The summed E-state index contributed by atoms with van der Waals surface area (Å²) in [6.07, 6.45) is 4.90. The quantitative estimate of drug-likeness (QED) is 0.913. The van der Waals surface area contributed by atoms with Gasteiger partial charge in [-0.15, -0.1) is 0 Å². The number of aryl methyl sites for hydroxylation is 1. The summed E-state index contributed by atoms with van der Waals surface area (Å²) in [5.41, 5.74) is 5.17. The fourth-order valence-corrected chi connectivity index (χ4v) is 3.70. The summed E-state index contributed by atoms with van der Waals surface area (Å²) in [7, 11) is 1.69. The molecule has 1 aromatic carbocycles. The number of H-pyrrole nitrogens is 1. The van der Waals surface area contributed by atoms with Crippen LogP contribution in [0.2, 0.25) is 0 Å². The van der Waals surface area contributed by atoms with Crippen molar-refractivity contribution in [2.24, 2.45) is 0 Å². The Labute approximate surface area is 129 Å². The first kappa shape index (κ1) is 13.4. The first-order chi connectivity index (χ1) is 10.8. The van der Waals surface area contributed by atoms with Gasteiger partial charge in [0.15, 0.2) is 5.69 Å². The molecule has 2 aromatic rings. The minimum absolute atomic E-state index is 0.0475. The average Bonchev–Trinajstić information content (AvgIpc) is 3.21. The second-order valence-corrected chi connectivity index (χ2v) is 5.98. The predicted octanol–water partition coefficient (Wildman–Crippen LogP) is 2.32. The van der Waals surface area contributed by atoms with Crippen molar-refractivity contribution < 1.29 is 9.53 Å². The smallest absolute Gasteiger partial charge is 0.272 e. The highest BCUT2D eigenvalue weighted by Crippen LogP contribution is 2.37. The van der Waals surface area contributed by atoms with E-state index >= 15 is 0 Å². The summed E-state index contributed by atoms with van der Waals surface area (Å²) in [6.45, 7) is 0. The van der Waals surface area contributed by atoms with Crippen LogP contribution in [0.3, 0.4) is 0 Å². The summed E-state index contributed by atoms with van der Waals surface area (Å²) >= 11 is 0. The Morgan fingerprint density at radius 2 is 2.23 bits per heavy atom. The minimum Gasteiger partial charge on any atom is -0.496 e. The summed E-state index contributed by atoms with van der Waals surface area (Å²) in [4.78, 5) is 12.6. The molecule has 0 radical (unpaired) electrons. The number of ether oxygens (including phenoxy) is 1. The highest BCUT2D eigenvalue weighted by atomic mass is 16.5. The molecule has 0 saturated carbocycles. The Balaban J connectivity index is 1.57. The molecule has 2 N–H and O–H groups in total. The van der Waals surface area contributed by atoms with Crippen LogP contribution in [0.5, 0.6) is 5.75 Å². The molecule has 2 aliphatic carbocycles. The fraction of sp³-hybridized carbons (Fsp3) is 0.412. The van der Waals surface area contributed by atoms with Crippen LogP contribution in [0.1, 0.15) is 51.8 Å². The van der Waals surface area contributed by atoms with Crippen molar-refractivity contribution in [1.29, 1.82) is 0 Å². The van der Waals surface area contributed by atoms with Crippen molar-refractivity contribution in [2.45, 2.75) is 38.1 Å². The number of aromatic amines is 1. The van der Waals surface area contributed by atoms with Gasteiger partial charge in [-0.1, -0.05) is 12.1 Å². The molecule has 5 nitrogen and oxygen atoms in total. The minimum atomic E-state index is -0.0694. The molecule has 1 unspecified atom stereocenters. The number of benzene rings is 1. The zero-order valence-corrected chi connectivity index (χ0v) is 12.6. The maximum atomic E-state index is 12.6. The summed E-state index contributed by atoms with van der Waals surface area (Å²) in [5, 5.41) is 10.3. The molecule has 2 aliphatic rings. The van der Waals surface area contributed by atoms with Crippen LogP contribution in [0.25, 0.3) is 0 Å². The molecule has 5 heteroatoms. The van der Waals surface area contributed by atoms with E-state index in [2.05, 4.69) is 21.6 Å². The molecule has 0 saturated heterocycles. The molecule has 114 valence electrons. The zero-order valence-electron chi connectivity index (χ0n) is 12.6. The van der Waals surface area contributed by atoms with E-state index in [1.165, 1.54) is 11.1 Å². The first-order valence-corrected chi connectivity index (χ1v) is 7.80. The number of hydrogen-bond acceptors (Lipinski definition) is 3. The van der Waals surface area contributed by atoms with Gasteiger partial charge in [0.1, 0.15) is 5.75 Å². The van der Waals surface area contributed by atoms with Crippen molar-refractivity contribution in [2.75, 3.05) is 7.11 Å². The fourth-order valence-electron chi connectivity index (χ4n) is 3.70. The molecular weight excluding hydrogens is 278 g/mol. The molecule has 1 amide bonds. The number of fused-ring (bicyclic) bond motifs is 2. The van der Waals surface area contributed by atoms with Crippen LogP contribution in [0, 0.1) is 0 Å². The van der Waals surface area contributed by atoms with Crippen LogP contribution in [0.15, 0.2) is 18.2 Å². The maximum Gasteiger partial charge on any atom is 0.272 e. The van der Waals surface area contributed by atoms with E-state index in [1.807, 2.05) is 12.1 Å². The van der Waals surface area contributed by atoms with Gasteiger partial charge in [-0.3, -0.25) is 9.89 Å². The number of carbonyl (C=O) groups is 1. The Bertz CT molecular complexity index is 736. The summed E-state index contributed by atoms with van der Waals surface area (Å²) in [5.74, 6) is 0.843. The van der Waals surface area contributed by atoms with Gasteiger partial charge < -0.3 is 10.1 Å². The molecule has 0 aliphatic heterocycles. The molecule has 1 atom stereocenters. The van der Waals surface area contributed by atoms with Gasteiger partial charge in [-0.2, -0.15) is 5.10 Å². The van der Waals surface area contributed by atoms with Gasteiger partial charge in [0.05, 0.1) is 13.2 Å². The molecular formula is C17H19N3O2. The Morgan fingerprint density at radius 1 is 1.32 bits per heavy atom. The first-order valence-electron chi connectivity index (χ1n) is 7.80. The molecule has 4 rings (SSSR count). The van der Waals surface area contributed by atoms with Gasteiger partial charge in [-0.25, -0.2) is 0 Å². The molecule has 0 bridgehead atoms.